The lowest BCUT2D eigenvalue weighted by molar-refractivity contribution is 1.49. The Labute approximate surface area is 53.9 Å². The molecule has 0 unspecified atom stereocenters. The lowest BCUT2D eigenvalue weighted by atomic mass is 10.1. The van der Waals surface area contributed by atoms with Crippen LogP contribution >= 0.6 is 0 Å². The van der Waals surface area contributed by atoms with Gasteiger partial charge in [-0.3, -0.25) is 0 Å². The SMILES string of the molecule is CC1=CC(=N)C(=[N-])C=C1. The van der Waals surface area contributed by atoms with Crippen LogP contribution in [0.1, 0.15) is 6.92 Å². The molecule has 2 nitrogen and oxygen atoms in total. The normalized spacial score (nSPS) is 18.1. The average Bonchev–Trinajstić information content (AvgIpc) is 1.80. The van der Waals surface area contributed by atoms with Gasteiger partial charge in [0.25, 0.3) is 0 Å². The monoisotopic (exact) mass is 119 g/mol. The fraction of sp³-hybridized carbons (Fsp3) is 0.143. The van der Waals surface area contributed by atoms with E-state index in [0.29, 0.717) is 0 Å². The molecule has 46 valence electrons. The van der Waals surface area contributed by atoms with Crippen LogP contribution in [0, 0.1) is 5.41 Å². The second-order valence-electron chi connectivity index (χ2n) is 2.02. The first-order chi connectivity index (χ1) is 4.20. The predicted molar refractivity (Wildman–Crippen MR) is 39.0 cm³/mol. The van der Waals surface area contributed by atoms with E-state index in [1.165, 1.54) is 6.08 Å². The Balaban J connectivity index is 2.95. The van der Waals surface area contributed by atoms with E-state index in [0.717, 1.165) is 5.57 Å². The van der Waals surface area contributed by atoms with Crippen LogP contribution in [0.15, 0.2) is 23.8 Å². The highest BCUT2D eigenvalue weighted by atomic mass is 14.5. The highest BCUT2D eigenvalue weighted by molar-refractivity contribution is 6.51. The summed E-state index contributed by atoms with van der Waals surface area (Å²) in [6.45, 7) is 1.89. The van der Waals surface area contributed by atoms with Crippen molar-refractivity contribution in [3.05, 3.63) is 29.2 Å². The molecule has 9 heavy (non-hydrogen) atoms. The predicted octanol–water partition coefficient (Wildman–Crippen LogP) is 1.53. The second kappa shape index (κ2) is 1.97. The molecule has 0 amide bonds. The van der Waals surface area contributed by atoms with Gasteiger partial charge in [0.2, 0.25) is 0 Å². The van der Waals surface area contributed by atoms with E-state index in [4.69, 9.17) is 10.8 Å². The van der Waals surface area contributed by atoms with Crippen LogP contribution < -0.4 is 0 Å². The third-order valence-electron chi connectivity index (χ3n) is 1.15. The molecule has 0 bridgehead atoms. The van der Waals surface area contributed by atoms with Gasteiger partial charge in [0.05, 0.1) is 0 Å². The average molecular weight is 119 g/mol. The van der Waals surface area contributed by atoms with Crippen molar-refractivity contribution in [2.75, 3.05) is 0 Å². The minimum absolute atomic E-state index is 0.0422. The zero-order chi connectivity index (χ0) is 6.85. The van der Waals surface area contributed by atoms with Crippen molar-refractivity contribution in [2.45, 2.75) is 6.92 Å². The molecule has 1 aliphatic carbocycles. The van der Waals surface area contributed by atoms with Gasteiger partial charge in [0, 0.05) is 5.71 Å². The molecule has 1 aliphatic rings. The van der Waals surface area contributed by atoms with Crippen LogP contribution in [-0.2, 0) is 0 Å². The maximum atomic E-state index is 8.86. The molecule has 0 saturated carbocycles. The van der Waals surface area contributed by atoms with Gasteiger partial charge < -0.3 is 10.8 Å². The highest BCUT2D eigenvalue weighted by Crippen LogP contribution is 2.02. The van der Waals surface area contributed by atoms with E-state index in [9.17, 15) is 0 Å². The molecular weight excluding hydrogens is 112 g/mol. The quantitative estimate of drug-likeness (QED) is 0.470. The molecule has 0 spiro atoms. The summed E-state index contributed by atoms with van der Waals surface area (Å²) in [5.41, 5.74) is 1.23. The van der Waals surface area contributed by atoms with Crippen molar-refractivity contribution in [2.24, 2.45) is 0 Å². The van der Waals surface area contributed by atoms with Gasteiger partial charge in [-0.05, 0) is 18.6 Å². The molecule has 1 N–H and O–H groups in total. The molecule has 0 saturated heterocycles. The first-order valence-corrected chi connectivity index (χ1v) is 2.71. The van der Waals surface area contributed by atoms with E-state index < -0.39 is 0 Å². The van der Waals surface area contributed by atoms with Gasteiger partial charge >= 0.3 is 0 Å². The second-order valence-corrected chi connectivity index (χ2v) is 2.02. The summed E-state index contributed by atoms with van der Waals surface area (Å²) >= 11 is 0. The van der Waals surface area contributed by atoms with E-state index in [-0.39, 0.29) is 11.4 Å². The van der Waals surface area contributed by atoms with E-state index in [1.54, 1.807) is 12.2 Å². The van der Waals surface area contributed by atoms with E-state index in [2.05, 4.69) is 0 Å². The van der Waals surface area contributed by atoms with Gasteiger partial charge in [-0.15, -0.1) is 5.71 Å². The van der Waals surface area contributed by atoms with Crippen molar-refractivity contribution >= 4 is 11.4 Å². The minimum Gasteiger partial charge on any atom is -0.802 e. The lowest BCUT2D eigenvalue weighted by Crippen LogP contribution is -2.08. The van der Waals surface area contributed by atoms with Gasteiger partial charge in [0.15, 0.2) is 0 Å². The Kier molecular flexibility index (Phi) is 1.30. The standard InChI is InChI=1S/C7H7N2/c1-5-2-3-6(8)7(9)4-5/h2-4,9H,1H3/q-1. The number of nitrogens with one attached hydrogen (secondary N) is 1. The number of rotatable bonds is 0. The maximum absolute atomic E-state index is 8.86. The summed E-state index contributed by atoms with van der Waals surface area (Å²) < 4.78 is 0. The summed E-state index contributed by atoms with van der Waals surface area (Å²) in [6.07, 6.45) is 4.92. The molecule has 0 fully saturated rings. The van der Waals surface area contributed by atoms with Crippen LogP contribution in [0.25, 0.3) is 5.41 Å². The zero-order valence-corrected chi connectivity index (χ0v) is 5.18. The van der Waals surface area contributed by atoms with Crippen LogP contribution in [0.2, 0.25) is 0 Å². The van der Waals surface area contributed by atoms with Gasteiger partial charge in [-0.1, -0.05) is 12.2 Å². The molecule has 0 atom stereocenters. The van der Waals surface area contributed by atoms with Crippen LogP contribution in [0.4, 0.5) is 0 Å². The molecule has 0 aromatic rings. The molecule has 0 heterocycles. The molecule has 1 rings (SSSR count). The van der Waals surface area contributed by atoms with Gasteiger partial charge in [-0.25, -0.2) is 0 Å². The maximum Gasteiger partial charge on any atom is 0.0380 e. The molecule has 0 aliphatic heterocycles. The molecule has 0 aromatic carbocycles. The Morgan fingerprint density at radius 2 is 2.11 bits per heavy atom. The van der Waals surface area contributed by atoms with Crippen LogP contribution in [0.3, 0.4) is 0 Å². The lowest BCUT2D eigenvalue weighted by Gasteiger charge is -2.10. The summed E-state index contributed by atoms with van der Waals surface area (Å²) in [6, 6.07) is 0. The van der Waals surface area contributed by atoms with Crippen molar-refractivity contribution in [1.82, 2.24) is 0 Å². The Morgan fingerprint density at radius 3 is 2.56 bits per heavy atom. The van der Waals surface area contributed by atoms with Crippen molar-refractivity contribution in [3.8, 4) is 0 Å². The largest absolute Gasteiger partial charge is 0.802 e. The minimum atomic E-state index is 0.0422. The van der Waals surface area contributed by atoms with Crippen molar-refractivity contribution < 1.29 is 0 Å². The summed E-state index contributed by atoms with van der Waals surface area (Å²) in [7, 11) is 0. The van der Waals surface area contributed by atoms with E-state index in [1.807, 2.05) is 6.92 Å². The van der Waals surface area contributed by atoms with Crippen LogP contribution in [0.5, 0.6) is 0 Å². The third kappa shape index (κ3) is 1.13. The molecule has 2 heteroatoms. The van der Waals surface area contributed by atoms with Gasteiger partial charge in [0.1, 0.15) is 0 Å². The zero-order valence-electron chi connectivity index (χ0n) is 5.18. The molecular formula is C7H7N2-. The number of hydrogen-bond acceptors (Lipinski definition) is 1. The Hall–Kier alpha value is -1.18. The van der Waals surface area contributed by atoms with Gasteiger partial charge in [-0.2, -0.15) is 0 Å². The fourth-order valence-electron chi connectivity index (χ4n) is 0.650. The first-order valence-electron chi connectivity index (χ1n) is 2.71. The van der Waals surface area contributed by atoms with Crippen LogP contribution in [-0.4, -0.2) is 11.4 Å². The summed E-state index contributed by atoms with van der Waals surface area (Å²) in [5, 5.41) is 16.0. The number of hydrogen-bond donors (Lipinski definition) is 1. The summed E-state index contributed by atoms with van der Waals surface area (Å²) in [5.74, 6) is 0. The molecule has 0 aromatic heterocycles. The number of allylic oxidation sites excluding steroid dienone is 4. The smallest absolute Gasteiger partial charge is 0.0380 e. The Bertz CT molecular complexity index is 221. The van der Waals surface area contributed by atoms with Crippen molar-refractivity contribution in [1.29, 1.82) is 5.41 Å². The van der Waals surface area contributed by atoms with E-state index >= 15 is 0 Å². The number of nitrogens with zero attached hydrogens (tertiary/aromatic N) is 1. The third-order valence-corrected chi connectivity index (χ3v) is 1.15. The fourth-order valence-corrected chi connectivity index (χ4v) is 0.650. The van der Waals surface area contributed by atoms with Crippen molar-refractivity contribution in [3.63, 3.8) is 0 Å². The molecule has 0 radical (unpaired) electrons. The first kappa shape index (κ1) is 5.95. The topological polar surface area (TPSA) is 46.2 Å². The Morgan fingerprint density at radius 1 is 1.44 bits per heavy atom. The summed E-state index contributed by atoms with van der Waals surface area (Å²) in [4.78, 5) is 0. The highest BCUT2D eigenvalue weighted by Gasteiger charge is 1.94.